The lowest BCUT2D eigenvalue weighted by molar-refractivity contribution is -0.120. The Bertz CT molecular complexity index is 1240. The first-order chi connectivity index (χ1) is 15.5. The summed E-state index contributed by atoms with van der Waals surface area (Å²) in [6, 6.07) is 23.1. The molecule has 0 atom stereocenters. The molecule has 0 saturated carbocycles. The van der Waals surface area contributed by atoms with Gasteiger partial charge in [0.1, 0.15) is 11.4 Å². The maximum Gasteiger partial charge on any atom is 0.282 e. The Morgan fingerprint density at radius 2 is 1.56 bits per heavy atom. The molecule has 3 aromatic rings. The van der Waals surface area contributed by atoms with Crippen LogP contribution in [0.5, 0.6) is 5.75 Å². The Hall–Kier alpha value is -4.37. The fourth-order valence-corrected chi connectivity index (χ4v) is 3.50. The minimum Gasteiger partial charge on any atom is -0.494 e. The SMILES string of the molecule is CCOc1ccc(C2=C(Nc3ccc(C)cc3)C(=O)N(c3ccc(C#N)cc3)C2=O)cc1. The van der Waals surface area contributed by atoms with Crippen LogP contribution in [0.25, 0.3) is 5.57 Å². The molecule has 3 aromatic carbocycles. The van der Waals surface area contributed by atoms with E-state index in [1.165, 1.54) is 0 Å². The monoisotopic (exact) mass is 423 g/mol. The van der Waals surface area contributed by atoms with Gasteiger partial charge in [0.25, 0.3) is 11.8 Å². The fourth-order valence-electron chi connectivity index (χ4n) is 3.50. The zero-order chi connectivity index (χ0) is 22.7. The summed E-state index contributed by atoms with van der Waals surface area (Å²) in [6.45, 7) is 4.41. The molecule has 1 aliphatic heterocycles. The summed E-state index contributed by atoms with van der Waals surface area (Å²) in [6.07, 6.45) is 0. The van der Waals surface area contributed by atoms with Crippen molar-refractivity contribution in [2.45, 2.75) is 13.8 Å². The van der Waals surface area contributed by atoms with Gasteiger partial charge in [0.2, 0.25) is 0 Å². The summed E-state index contributed by atoms with van der Waals surface area (Å²) in [5, 5.41) is 12.2. The van der Waals surface area contributed by atoms with Crippen LogP contribution in [0.4, 0.5) is 11.4 Å². The van der Waals surface area contributed by atoms with Gasteiger partial charge in [-0.05, 0) is 67.9 Å². The van der Waals surface area contributed by atoms with Gasteiger partial charge in [-0.1, -0.05) is 29.8 Å². The van der Waals surface area contributed by atoms with E-state index in [4.69, 9.17) is 10.00 Å². The van der Waals surface area contributed by atoms with Crippen molar-refractivity contribution >= 4 is 28.8 Å². The summed E-state index contributed by atoms with van der Waals surface area (Å²) in [7, 11) is 0. The molecule has 0 fully saturated rings. The van der Waals surface area contributed by atoms with Gasteiger partial charge in [-0.2, -0.15) is 5.26 Å². The summed E-state index contributed by atoms with van der Waals surface area (Å²) < 4.78 is 5.50. The van der Waals surface area contributed by atoms with Crippen molar-refractivity contribution in [3.63, 3.8) is 0 Å². The largest absolute Gasteiger partial charge is 0.494 e. The number of imide groups is 1. The van der Waals surface area contributed by atoms with E-state index in [2.05, 4.69) is 5.32 Å². The van der Waals surface area contributed by atoms with Gasteiger partial charge in [-0.3, -0.25) is 9.59 Å². The van der Waals surface area contributed by atoms with Gasteiger partial charge in [-0.25, -0.2) is 4.90 Å². The third-order valence-corrected chi connectivity index (χ3v) is 5.11. The first-order valence-electron chi connectivity index (χ1n) is 10.2. The van der Waals surface area contributed by atoms with Crippen LogP contribution in [0, 0.1) is 18.3 Å². The van der Waals surface area contributed by atoms with Crippen molar-refractivity contribution in [1.82, 2.24) is 0 Å². The van der Waals surface area contributed by atoms with E-state index in [9.17, 15) is 9.59 Å². The molecular weight excluding hydrogens is 402 g/mol. The molecule has 6 heteroatoms. The zero-order valence-electron chi connectivity index (χ0n) is 17.8. The average Bonchev–Trinajstić information content (AvgIpc) is 3.05. The second-order valence-corrected chi connectivity index (χ2v) is 7.30. The van der Waals surface area contributed by atoms with Crippen molar-refractivity contribution in [2.24, 2.45) is 0 Å². The van der Waals surface area contributed by atoms with Crippen LogP contribution in [-0.4, -0.2) is 18.4 Å². The number of anilines is 2. The van der Waals surface area contributed by atoms with Crippen LogP contribution >= 0.6 is 0 Å². The first-order valence-corrected chi connectivity index (χ1v) is 10.2. The second kappa shape index (κ2) is 8.78. The molecule has 1 heterocycles. The summed E-state index contributed by atoms with van der Waals surface area (Å²) in [5.74, 6) is -0.201. The highest BCUT2D eigenvalue weighted by molar-refractivity contribution is 6.46. The Balaban J connectivity index is 1.77. The number of hydrogen-bond acceptors (Lipinski definition) is 5. The molecule has 0 aliphatic carbocycles. The number of nitrogens with one attached hydrogen (secondary N) is 1. The Morgan fingerprint density at radius 1 is 0.906 bits per heavy atom. The summed E-state index contributed by atoms with van der Waals surface area (Å²) >= 11 is 0. The number of rotatable bonds is 6. The zero-order valence-corrected chi connectivity index (χ0v) is 17.8. The third kappa shape index (κ3) is 3.96. The summed E-state index contributed by atoms with van der Waals surface area (Å²) in [4.78, 5) is 28.0. The molecule has 0 spiro atoms. The van der Waals surface area contributed by atoms with E-state index >= 15 is 0 Å². The topological polar surface area (TPSA) is 82.4 Å². The van der Waals surface area contributed by atoms with Gasteiger partial charge >= 0.3 is 0 Å². The third-order valence-electron chi connectivity index (χ3n) is 5.11. The number of hydrogen-bond donors (Lipinski definition) is 1. The number of benzene rings is 3. The van der Waals surface area contributed by atoms with Gasteiger partial charge in [0, 0.05) is 5.69 Å². The smallest absolute Gasteiger partial charge is 0.282 e. The number of carbonyl (C=O) groups is 2. The predicted molar refractivity (Wildman–Crippen MR) is 123 cm³/mol. The Morgan fingerprint density at radius 3 is 2.16 bits per heavy atom. The molecule has 1 N–H and O–H groups in total. The standard InChI is InChI=1S/C26H21N3O3/c1-3-32-22-14-8-19(9-15-22)23-24(28-20-10-4-17(2)5-11-20)26(31)29(25(23)30)21-12-6-18(16-27)7-13-21/h4-15,28H,3H2,1-2H3. The van der Waals surface area contributed by atoms with Gasteiger partial charge in [0.15, 0.2) is 0 Å². The van der Waals surface area contributed by atoms with Crippen LogP contribution < -0.4 is 15.0 Å². The minimum atomic E-state index is -0.454. The van der Waals surface area contributed by atoms with E-state index < -0.39 is 11.8 Å². The van der Waals surface area contributed by atoms with Crippen molar-refractivity contribution in [1.29, 1.82) is 5.26 Å². The molecule has 0 saturated heterocycles. The van der Waals surface area contributed by atoms with E-state index in [1.807, 2.05) is 44.2 Å². The van der Waals surface area contributed by atoms with Crippen molar-refractivity contribution in [2.75, 3.05) is 16.8 Å². The van der Waals surface area contributed by atoms with E-state index in [1.54, 1.807) is 48.5 Å². The van der Waals surface area contributed by atoms with Crippen molar-refractivity contribution in [3.05, 3.63) is 95.2 Å². The van der Waals surface area contributed by atoms with Crippen molar-refractivity contribution in [3.8, 4) is 11.8 Å². The fraction of sp³-hybridized carbons (Fsp3) is 0.115. The first kappa shape index (κ1) is 20.9. The number of nitrogens with zero attached hydrogens (tertiary/aromatic N) is 2. The normalized spacial score (nSPS) is 13.3. The van der Waals surface area contributed by atoms with Crippen LogP contribution in [0.1, 0.15) is 23.6 Å². The second-order valence-electron chi connectivity index (χ2n) is 7.30. The molecular formula is C26H21N3O3. The molecule has 1 aliphatic rings. The van der Waals surface area contributed by atoms with Gasteiger partial charge in [-0.15, -0.1) is 0 Å². The van der Waals surface area contributed by atoms with Crippen molar-refractivity contribution < 1.29 is 14.3 Å². The number of nitriles is 1. The minimum absolute atomic E-state index is 0.201. The molecule has 0 unspecified atom stereocenters. The quantitative estimate of drug-likeness (QED) is 0.583. The Kier molecular flexibility index (Phi) is 5.73. The predicted octanol–water partition coefficient (Wildman–Crippen LogP) is 4.66. The van der Waals surface area contributed by atoms with E-state index in [0.29, 0.717) is 34.9 Å². The van der Waals surface area contributed by atoms with Crippen LogP contribution in [0.3, 0.4) is 0 Å². The molecule has 2 amide bonds. The maximum atomic E-state index is 13.4. The van der Waals surface area contributed by atoms with Crippen LogP contribution in [-0.2, 0) is 9.59 Å². The number of aryl methyl sites for hydroxylation is 1. The number of carbonyl (C=O) groups excluding carboxylic acids is 2. The van der Waals surface area contributed by atoms with Gasteiger partial charge < -0.3 is 10.1 Å². The number of ether oxygens (including phenoxy) is 1. The summed E-state index contributed by atoms with van der Waals surface area (Å²) in [5.41, 5.74) is 3.74. The lowest BCUT2D eigenvalue weighted by Gasteiger charge is -2.15. The average molecular weight is 423 g/mol. The molecule has 0 radical (unpaired) electrons. The van der Waals surface area contributed by atoms with E-state index in [-0.39, 0.29) is 11.3 Å². The van der Waals surface area contributed by atoms with Crippen LogP contribution in [0.2, 0.25) is 0 Å². The molecule has 158 valence electrons. The molecule has 32 heavy (non-hydrogen) atoms. The Labute approximate surface area is 186 Å². The lowest BCUT2D eigenvalue weighted by atomic mass is 10.0. The maximum absolute atomic E-state index is 13.4. The molecule has 6 nitrogen and oxygen atoms in total. The lowest BCUT2D eigenvalue weighted by Crippen LogP contribution is -2.32. The highest BCUT2D eigenvalue weighted by Crippen LogP contribution is 2.34. The highest BCUT2D eigenvalue weighted by atomic mass is 16.5. The number of amides is 2. The molecule has 0 bridgehead atoms. The van der Waals surface area contributed by atoms with E-state index in [0.717, 1.165) is 10.5 Å². The molecule has 0 aromatic heterocycles. The highest BCUT2D eigenvalue weighted by Gasteiger charge is 2.40. The molecule has 4 rings (SSSR count). The van der Waals surface area contributed by atoms with Gasteiger partial charge in [0.05, 0.1) is 29.5 Å². The van der Waals surface area contributed by atoms with Crippen LogP contribution in [0.15, 0.2) is 78.5 Å².